The molecule has 1 heterocycles. The number of aryl methyl sites for hydroxylation is 1. The van der Waals surface area contributed by atoms with Crippen LogP contribution in [0.25, 0.3) is 22.4 Å². The zero-order valence-corrected chi connectivity index (χ0v) is 12.6. The van der Waals surface area contributed by atoms with Crippen LogP contribution in [0.3, 0.4) is 0 Å². The number of aromatic nitrogens is 2. The normalized spacial score (nSPS) is 11.9. The number of para-hydroxylation sites is 2. The highest BCUT2D eigenvalue weighted by Gasteiger charge is 2.18. The lowest BCUT2D eigenvalue weighted by atomic mass is 10.2. The van der Waals surface area contributed by atoms with Gasteiger partial charge in [-0.05, 0) is 24.3 Å². The summed E-state index contributed by atoms with van der Waals surface area (Å²) in [7, 11) is -1.48. The van der Waals surface area contributed by atoms with Crippen LogP contribution in [0.1, 0.15) is 0 Å². The smallest absolute Gasteiger partial charge is 0.177 e. The molecule has 0 saturated heterocycles. The fourth-order valence-electron chi connectivity index (χ4n) is 2.43. The lowest BCUT2D eigenvalue weighted by Crippen LogP contribution is -1.98. The van der Waals surface area contributed by atoms with E-state index in [-0.39, 0.29) is 4.90 Å². The van der Waals surface area contributed by atoms with Gasteiger partial charge in [-0.15, -0.1) is 0 Å². The number of sulfone groups is 1. The van der Waals surface area contributed by atoms with Crippen LogP contribution in [0, 0.1) is 0 Å². The van der Waals surface area contributed by atoms with E-state index in [0.29, 0.717) is 17.0 Å². The Bertz CT molecular complexity index is 943. The molecule has 0 radical (unpaired) electrons. The van der Waals surface area contributed by atoms with Crippen molar-refractivity contribution in [2.24, 2.45) is 7.05 Å². The quantitative estimate of drug-likeness (QED) is 0.736. The molecule has 0 fully saturated rings. The largest absolute Gasteiger partial charge is 0.398 e. The average Bonchev–Trinajstić information content (AvgIpc) is 2.76. The summed E-state index contributed by atoms with van der Waals surface area (Å²) in [4.78, 5) is 4.75. The Hall–Kier alpha value is -2.34. The zero-order chi connectivity index (χ0) is 15.2. The van der Waals surface area contributed by atoms with Crippen molar-refractivity contribution in [2.45, 2.75) is 4.90 Å². The van der Waals surface area contributed by atoms with E-state index in [9.17, 15) is 8.42 Å². The summed E-state index contributed by atoms with van der Waals surface area (Å²) in [6, 6.07) is 12.5. The average molecular weight is 301 g/mol. The fourth-order valence-corrected chi connectivity index (χ4v) is 3.26. The van der Waals surface area contributed by atoms with Crippen molar-refractivity contribution in [3.05, 3.63) is 42.5 Å². The van der Waals surface area contributed by atoms with E-state index in [0.717, 1.165) is 11.1 Å². The summed E-state index contributed by atoms with van der Waals surface area (Å²) in [5, 5.41) is 0. The van der Waals surface area contributed by atoms with Crippen molar-refractivity contribution in [3.8, 4) is 11.4 Å². The van der Waals surface area contributed by atoms with Crippen molar-refractivity contribution in [1.29, 1.82) is 0 Å². The maximum Gasteiger partial charge on any atom is 0.177 e. The third kappa shape index (κ3) is 2.17. The molecule has 2 aromatic carbocycles. The lowest BCUT2D eigenvalue weighted by molar-refractivity contribution is 0.602. The van der Waals surface area contributed by atoms with E-state index in [1.165, 1.54) is 6.26 Å². The van der Waals surface area contributed by atoms with Crippen molar-refractivity contribution >= 4 is 26.6 Å². The summed E-state index contributed by atoms with van der Waals surface area (Å²) in [5.74, 6) is 0.652. The van der Waals surface area contributed by atoms with Gasteiger partial charge in [-0.3, -0.25) is 0 Å². The molecule has 1 aromatic heterocycles. The van der Waals surface area contributed by atoms with Gasteiger partial charge in [0.2, 0.25) is 0 Å². The second-order valence-corrected chi connectivity index (χ2v) is 6.96. The number of rotatable bonds is 2. The van der Waals surface area contributed by atoms with Gasteiger partial charge in [-0.1, -0.05) is 18.2 Å². The number of anilines is 1. The maximum absolute atomic E-state index is 11.9. The molecule has 0 unspecified atom stereocenters. The number of nitrogen functional groups attached to an aromatic ring is 1. The number of nitrogens with zero attached hydrogens (tertiary/aromatic N) is 2. The number of hydrogen-bond donors (Lipinski definition) is 1. The van der Waals surface area contributed by atoms with Crippen LogP contribution in [0.5, 0.6) is 0 Å². The standard InChI is InChI=1S/C15H15N3O2S/c1-18-12-8-5-9-13(21(2,19)20)14(12)17-15(18)10-6-3-4-7-11(10)16/h3-9H,16H2,1-2H3. The summed E-state index contributed by atoms with van der Waals surface area (Å²) in [6.45, 7) is 0. The Labute approximate surface area is 123 Å². The Morgan fingerprint density at radius 2 is 1.81 bits per heavy atom. The number of imidazole rings is 1. The first-order valence-electron chi connectivity index (χ1n) is 6.40. The van der Waals surface area contributed by atoms with Gasteiger partial charge in [-0.25, -0.2) is 13.4 Å². The predicted octanol–water partition coefficient (Wildman–Crippen LogP) is 2.23. The molecule has 3 aromatic rings. The van der Waals surface area contributed by atoms with Crippen LogP contribution in [-0.4, -0.2) is 24.2 Å². The molecule has 0 bridgehead atoms. The molecule has 0 saturated carbocycles. The van der Waals surface area contributed by atoms with Gasteiger partial charge in [0.25, 0.3) is 0 Å². The molecule has 108 valence electrons. The Balaban J connectivity index is 2.38. The van der Waals surface area contributed by atoms with Crippen LogP contribution in [-0.2, 0) is 16.9 Å². The van der Waals surface area contributed by atoms with Gasteiger partial charge in [0.15, 0.2) is 9.84 Å². The first kappa shape index (κ1) is 13.6. The fraction of sp³-hybridized carbons (Fsp3) is 0.133. The Kier molecular flexibility index (Phi) is 2.98. The molecule has 0 atom stereocenters. The van der Waals surface area contributed by atoms with Gasteiger partial charge in [0.05, 0.1) is 10.4 Å². The van der Waals surface area contributed by atoms with E-state index in [1.54, 1.807) is 18.2 Å². The number of fused-ring (bicyclic) bond motifs is 1. The van der Waals surface area contributed by atoms with Crippen molar-refractivity contribution < 1.29 is 8.42 Å². The molecule has 0 aliphatic rings. The van der Waals surface area contributed by atoms with Gasteiger partial charge in [-0.2, -0.15) is 0 Å². The minimum Gasteiger partial charge on any atom is -0.398 e. The first-order valence-corrected chi connectivity index (χ1v) is 8.29. The van der Waals surface area contributed by atoms with E-state index in [1.807, 2.05) is 35.9 Å². The van der Waals surface area contributed by atoms with Crippen molar-refractivity contribution in [1.82, 2.24) is 9.55 Å². The van der Waals surface area contributed by atoms with E-state index < -0.39 is 9.84 Å². The van der Waals surface area contributed by atoms with Crippen LogP contribution in [0.4, 0.5) is 5.69 Å². The van der Waals surface area contributed by atoms with E-state index >= 15 is 0 Å². The Morgan fingerprint density at radius 1 is 1.10 bits per heavy atom. The van der Waals surface area contributed by atoms with Crippen molar-refractivity contribution in [3.63, 3.8) is 0 Å². The van der Waals surface area contributed by atoms with Crippen LogP contribution in [0.2, 0.25) is 0 Å². The molecule has 5 nitrogen and oxygen atoms in total. The molecular weight excluding hydrogens is 286 g/mol. The maximum atomic E-state index is 11.9. The van der Waals surface area contributed by atoms with Crippen molar-refractivity contribution in [2.75, 3.05) is 12.0 Å². The second-order valence-electron chi connectivity index (χ2n) is 4.98. The minimum absolute atomic E-state index is 0.233. The van der Waals surface area contributed by atoms with Crippen LogP contribution in [0.15, 0.2) is 47.4 Å². The highest BCUT2D eigenvalue weighted by molar-refractivity contribution is 7.91. The number of nitrogens with two attached hydrogens (primary N) is 1. The zero-order valence-electron chi connectivity index (χ0n) is 11.7. The summed E-state index contributed by atoms with van der Waals surface area (Å²) >= 11 is 0. The molecule has 2 N–H and O–H groups in total. The summed E-state index contributed by atoms with van der Waals surface area (Å²) < 4.78 is 25.7. The topological polar surface area (TPSA) is 78.0 Å². The van der Waals surface area contributed by atoms with Gasteiger partial charge >= 0.3 is 0 Å². The van der Waals surface area contributed by atoms with Gasteiger partial charge in [0.1, 0.15) is 11.3 Å². The SMILES string of the molecule is Cn1c(-c2ccccc2N)nc2c(S(C)(=O)=O)cccc21. The molecule has 0 spiro atoms. The van der Waals surface area contributed by atoms with Crippen LogP contribution >= 0.6 is 0 Å². The summed E-state index contributed by atoms with van der Waals surface area (Å²) in [5.41, 5.74) is 8.62. The predicted molar refractivity (Wildman–Crippen MR) is 83.7 cm³/mol. The third-order valence-corrected chi connectivity index (χ3v) is 4.60. The van der Waals surface area contributed by atoms with Crippen LogP contribution < -0.4 is 5.73 Å². The highest BCUT2D eigenvalue weighted by Crippen LogP contribution is 2.30. The van der Waals surface area contributed by atoms with E-state index in [4.69, 9.17) is 5.73 Å². The first-order chi connectivity index (χ1) is 9.89. The minimum atomic E-state index is -3.33. The number of hydrogen-bond acceptors (Lipinski definition) is 4. The second kappa shape index (κ2) is 4.60. The molecular formula is C15H15N3O2S. The molecule has 0 aliphatic carbocycles. The van der Waals surface area contributed by atoms with E-state index in [2.05, 4.69) is 4.98 Å². The monoisotopic (exact) mass is 301 g/mol. The van der Waals surface area contributed by atoms with Gasteiger partial charge < -0.3 is 10.3 Å². The molecule has 21 heavy (non-hydrogen) atoms. The third-order valence-electron chi connectivity index (χ3n) is 3.48. The molecule has 0 aliphatic heterocycles. The molecule has 0 amide bonds. The summed E-state index contributed by atoms with van der Waals surface area (Å²) in [6.07, 6.45) is 1.19. The molecule has 6 heteroatoms. The lowest BCUT2D eigenvalue weighted by Gasteiger charge is -2.05. The highest BCUT2D eigenvalue weighted by atomic mass is 32.2. The number of benzene rings is 2. The molecule has 3 rings (SSSR count). The Morgan fingerprint density at radius 3 is 2.48 bits per heavy atom. The van der Waals surface area contributed by atoms with Gasteiger partial charge in [0, 0.05) is 24.6 Å².